The lowest BCUT2D eigenvalue weighted by Gasteiger charge is -2.64. The van der Waals surface area contributed by atoms with Gasteiger partial charge in [0, 0.05) is 43.1 Å². The number of Topliss-reactive ketones (excluding diaryl/α,β-unsaturated/α-hetero) is 3. The summed E-state index contributed by atoms with van der Waals surface area (Å²) in [6.07, 6.45) is 6.68. The maximum atomic E-state index is 13.9. The van der Waals surface area contributed by atoms with Crippen LogP contribution in [0.25, 0.3) is 11.1 Å². The Morgan fingerprint density at radius 1 is 0.766 bits per heavy atom. The summed E-state index contributed by atoms with van der Waals surface area (Å²) in [5.41, 5.74) is 20.6. The van der Waals surface area contributed by atoms with E-state index in [1.807, 2.05) is 19.1 Å². The molecule has 1 aliphatic heterocycles. The van der Waals surface area contributed by atoms with E-state index in [0.29, 0.717) is 43.2 Å². The van der Waals surface area contributed by atoms with Crippen LogP contribution in [0.5, 0.6) is 0 Å². The van der Waals surface area contributed by atoms with E-state index in [1.165, 1.54) is 5.56 Å². The molecule has 0 spiro atoms. The number of benzene rings is 2. The van der Waals surface area contributed by atoms with Gasteiger partial charge in [0.25, 0.3) is 0 Å². The summed E-state index contributed by atoms with van der Waals surface area (Å²) >= 11 is 0. The first-order valence-electron chi connectivity index (χ1n) is 23.8. The average Bonchev–Trinajstić information content (AvgIpc) is 3.64. The van der Waals surface area contributed by atoms with Gasteiger partial charge in [-0.25, -0.2) is 0 Å². The fourth-order valence-electron chi connectivity index (χ4n) is 10.2. The summed E-state index contributed by atoms with van der Waals surface area (Å²) in [6, 6.07) is 13.7. The van der Waals surface area contributed by atoms with Crippen LogP contribution in [-0.4, -0.2) is 79.1 Å². The molecule has 3 saturated carbocycles. The third-order valence-electron chi connectivity index (χ3n) is 14.6. The molecule has 3 aliphatic carbocycles. The fourth-order valence-corrected chi connectivity index (χ4v) is 10.2. The van der Waals surface area contributed by atoms with E-state index in [1.54, 1.807) is 19.1 Å². The molecule has 2 bridgehead atoms. The van der Waals surface area contributed by atoms with Gasteiger partial charge in [0.15, 0.2) is 17.3 Å². The Hall–Kier alpha value is -4.24. The number of hydrogen-bond donors (Lipinski definition) is 5. The summed E-state index contributed by atoms with van der Waals surface area (Å²) in [7, 11) is -0.531. The van der Waals surface area contributed by atoms with Crippen LogP contribution in [0.2, 0.25) is 5.82 Å². The predicted octanol–water partition coefficient (Wildman–Crippen LogP) is 6.27. The smallest absolute Gasteiger partial charge is 0.405 e. The minimum absolute atomic E-state index is 0.0107. The van der Waals surface area contributed by atoms with Crippen molar-refractivity contribution >= 4 is 42.2 Å². The zero-order valence-electron chi connectivity index (χ0n) is 39.1. The maximum Gasteiger partial charge on any atom is 0.461 e. The van der Waals surface area contributed by atoms with Crippen LogP contribution in [0.15, 0.2) is 48.5 Å². The van der Waals surface area contributed by atoms with Crippen LogP contribution in [0, 0.1) is 29.1 Å². The first-order valence-corrected chi connectivity index (χ1v) is 23.8. The Bertz CT molecular complexity index is 1940. The maximum absolute atomic E-state index is 13.9. The molecular weight excluding hydrogens is 809 g/mol. The first-order chi connectivity index (χ1) is 30.4. The van der Waals surface area contributed by atoms with Crippen molar-refractivity contribution in [3.8, 4) is 11.1 Å². The number of rotatable bonds is 27. The van der Waals surface area contributed by atoms with E-state index in [-0.39, 0.29) is 74.0 Å². The normalized spacial score (nSPS) is 23.1. The molecule has 1 unspecified atom stereocenters. The SMILES string of the molecule is CCCCc1ccc(-c2ccc(C(=O)C[C@@H](CCN)C(=O)N[C@@H](CCC(N)=O)C(=O)C[C@@H](C)C(=O)N[C@@H](CCCCN)C(=O)C[C@@H](C)B3OC4C[C@@H]5C[C@@H](C5(C)C)[C@]4(C)O3)cc2)cc1. The van der Waals surface area contributed by atoms with E-state index in [9.17, 15) is 28.8 Å². The van der Waals surface area contributed by atoms with Crippen LogP contribution < -0.4 is 27.8 Å². The van der Waals surface area contributed by atoms with Gasteiger partial charge in [0.2, 0.25) is 17.7 Å². The zero-order valence-corrected chi connectivity index (χ0v) is 39.1. The molecule has 64 heavy (non-hydrogen) atoms. The monoisotopic (exact) mass is 884 g/mol. The minimum Gasteiger partial charge on any atom is -0.405 e. The molecular formula is C50H74BN5O8. The Morgan fingerprint density at radius 2 is 1.39 bits per heavy atom. The standard InChI is InChI=1S/C50H74BN5O8/c1-7-8-11-33-13-15-34(16-14-33)35-17-19-36(20-18-35)41(57)28-37(23-25-53)48(62)56-40(21-22-46(54)60)42(58)26-31(2)47(61)55-39(12-9-10-24-52)43(59)27-32(3)51-63-45-30-38-29-44(49(38,4)5)50(45,6)64-51/h13-20,31-32,37-40,44-45H,7-12,21-30,52-53H2,1-6H3,(H2,54,60)(H,55,61)(H,56,62)/t31-,32-,37-,38+,39+,40+,44+,45?,50+/m1/s1. The van der Waals surface area contributed by atoms with Crippen molar-refractivity contribution in [3.63, 3.8) is 0 Å². The Kier molecular flexibility index (Phi) is 18.1. The molecule has 2 aromatic rings. The van der Waals surface area contributed by atoms with Gasteiger partial charge in [0.1, 0.15) is 0 Å². The topological polar surface area (TPSA) is 223 Å². The highest BCUT2D eigenvalue weighted by molar-refractivity contribution is 6.47. The van der Waals surface area contributed by atoms with Crippen molar-refractivity contribution < 1.29 is 38.1 Å². The number of primary amides is 1. The van der Waals surface area contributed by atoms with Gasteiger partial charge < -0.3 is 37.1 Å². The van der Waals surface area contributed by atoms with Gasteiger partial charge in [0.05, 0.1) is 23.8 Å². The lowest BCUT2D eigenvalue weighted by molar-refractivity contribution is -0.199. The highest BCUT2D eigenvalue weighted by Crippen LogP contribution is 2.66. The lowest BCUT2D eigenvalue weighted by Crippen LogP contribution is -2.65. The predicted molar refractivity (Wildman–Crippen MR) is 250 cm³/mol. The Morgan fingerprint density at radius 3 is 2.00 bits per heavy atom. The number of aryl methyl sites for hydroxylation is 1. The number of unbranched alkanes of at least 4 members (excludes halogenated alkanes) is 2. The van der Waals surface area contributed by atoms with Gasteiger partial charge in [-0.3, -0.25) is 28.8 Å². The number of hydrogen-bond acceptors (Lipinski definition) is 10. The minimum atomic E-state index is -1.14. The summed E-state index contributed by atoms with van der Waals surface area (Å²) in [5, 5.41) is 5.66. The highest BCUT2D eigenvalue weighted by Gasteiger charge is 2.68. The van der Waals surface area contributed by atoms with Crippen molar-refractivity contribution in [2.75, 3.05) is 13.1 Å². The number of carbonyl (C=O) groups excluding carboxylic acids is 6. The van der Waals surface area contributed by atoms with Gasteiger partial charge in [-0.1, -0.05) is 89.6 Å². The van der Waals surface area contributed by atoms with Crippen molar-refractivity contribution in [3.05, 3.63) is 59.7 Å². The van der Waals surface area contributed by atoms with Crippen molar-refractivity contribution in [1.82, 2.24) is 10.6 Å². The molecule has 3 amide bonds. The third kappa shape index (κ3) is 12.6. The molecule has 0 radical (unpaired) electrons. The average molecular weight is 884 g/mol. The quantitative estimate of drug-likeness (QED) is 0.0384. The second-order valence-corrected chi connectivity index (χ2v) is 19.7. The highest BCUT2D eigenvalue weighted by atomic mass is 16.7. The molecule has 1 saturated heterocycles. The van der Waals surface area contributed by atoms with E-state index < -0.39 is 60.1 Å². The van der Waals surface area contributed by atoms with E-state index >= 15 is 0 Å². The molecule has 2 aromatic carbocycles. The molecule has 0 aromatic heterocycles. The summed E-state index contributed by atoms with van der Waals surface area (Å²) in [4.78, 5) is 80.5. The summed E-state index contributed by atoms with van der Waals surface area (Å²) < 4.78 is 13.1. The summed E-state index contributed by atoms with van der Waals surface area (Å²) in [5.74, 6) is -3.54. The van der Waals surface area contributed by atoms with Gasteiger partial charge in [-0.15, -0.1) is 0 Å². The molecule has 4 fully saturated rings. The molecule has 9 atom stereocenters. The van der Waals surface area contributed by atoms with Crippen LogP contribution >= 0.6 is 0 Å². The lowest BCUT2D eigenvalue weighted by atomic mass is 9.43. The van der Waals surface area contributed by atoms with E-state index in [4.69, 9.17) is 26.5 Å². The van der Waals surface area contributed by atoms with Crippen LogP contribution in [0.1, 0.15) is 141 Å². The number of nitrogens with one attached hydrogen (secondary N) is 2. The molecule has 8 N–H and O–H groups in total. The van der Waals surface area contributed by atoms with Crippen LogP contribution in [-0.2, 0) is 39.7 Å². The second kappa shape index (κ2) is 22.8. The van der Waals surface area contributed by atoms with Gasteiger partial charge in [-0.05, 0) is 118 Å². The Labute approximate surface area is 381 Å². The molecule has 1 heterocycles. The van der Waals surface area contributed by atoms with Gasteiger partial charge >= 0.3 is 7.12 Å². The molecule has 4 aliphatic rings. The summed E-state index contributed by atoms with van der Waals surface area (Å²) in [6.45, 7) is 13.0. The molecule has 350 valence electrons. The third-order valence-corrected chi connectivity index (χ3v) is 14.6. The molecule has 6 rings (SSSR count). The van der Waals surface area contributed by atoms with Gasteiger partial charge in [-0.2, -0.15) is 0 Å². The van der Waals surface area contributed by atoms with Crippen LogP contribution in [0.4, 0.5) is 0 Å². The second-order valence-electron chi connectivity index (χ2n) is 19.7. The van der Waals surface area contributed by atoms with Crippen molar-refractivity contribution in [2.45, 2.75) is 161 Å². The molecule has 13 nitrogen and oxygen atoms in total. The van der Waals surface area contributed by atoms with Crippen molar-refractivity contribution in [1.29, 1.82) is 0 Å². The number of ketones is 3. The van der Waals surface area contributed by atoms with E-state index in [0.717, 1.165) is 43.2 Å². The number of carbonyl (C=O) groups is 6. The first kappa shape index (κ1) is 50.8. The zero-order chi connectivity index (χ0) is 46.8. The number of nitrogens with two attached hydrogens (primary N) is 3. The molecule has 14 heteroatoms. The van der Waals surface area contributed by atoms with E-state index in [2.05, 4.69) is 62.6 Å². The Balaban J connectivity index is 1.17. The fraction of sp³-hybridized carbons (Fsp3) is 0.640. The number of amides is 3. The van der Waals surface area contributed by atoms with Crippen molar-refractivity contribution in [2.24, 2.45) is 46.3 Å². The largest absolute Gasteiger partial charge is 0.461 e. The van der Waals surface area contributed by atoms with Crippen LogP contribution in [0.3, 0.4) is 0 Å².